The highest BCUT2D eigenvalue weighted by Crippen LogP contribution is 2.07. The SMILES string of the molecule is CNC(=O)/C=C/C(Cc1ccccc1)NC(=O)C(CCCNCC(=O)OCc1ccccc1)NC(C)C. The molecule has 0 aliphatic heterocycles. The fraction of sp³-hybridized carbons (Fsp3) is 0.414. The van der Waals surface area contributed by atoms with Gasteiger partial charge in [0, 0.05) is 19.2 Å². The van der Waals surface area contributed by atoms with Gasteiger partial charge in [-0.25, -0.2) is 0 Å². The maximum absolute atomic E-state index is 13.2. The maximum atomic E-state index is 13.2. The average molecular weight is 509 g/mol. The topological polar surface area (TPSA) is 109 Å². The quantitative estimate of drug-likeness (QED) is 0.158. The van der Waals surface area contributed by atoms with Gasteiger partial charge in [0.05, 0.1) is 18.6 Å². The second-order valence-electron chi connectivity index (χ2n) is 9.12. The van der Waals surface area contributed by atoms with E-state index in [1.54, 1.807) is 13.1 Å². The second-order valence-corrected chi connectivity index (χ2v) is 9.12. The van der Waals surface area contributed by atoms with E-state index in [9.17, 15) is 14.4 Å². The number of hydrogen-bond acceptors (Lipinski definition) is 6. The van der Waals surface area contributed by atoms with Crippen molar-refractivity contribution >= 4 is 17.8 Å². The Kier molecular flexibility index (Phi) is 13.7. The van der Waals surface area contributed by atoms with Crippen molar-refractivity contribution in [3.05, 3.63) is 83.9 Å². The summed E-state index contributed by atoms with van der Waals surface area (Å²) in [5, 5.41) is 12.1. The summed E-state index contributed by atoms with van der Waals surface area (Å²) in [4.78, 5) is 36.9. The fourth-order valence-electron chi connectivity index (χ4n) is 3.71. The van der Waals surface area contributed by atoms with Crippen LogP contribution in [-0.4, -0.2) is 56.0 Å². The minimum Gasteiger partial charge on any atom is -0.460 e. The Morgan fingerprint density at radius 1 is 0.946 bits per heavy atom. The third kappa shape index (κ3) is 12.9. The number of amides is 2. The third-order valence-electron chi connectivity index (χ3n) is 5.56. The van der Waals surface area contributed by atoms with Crippen LogP contribution < -0.4 is 21.3 Å². The minimum atomic E-state index is -0.404. The lowest BCUT2D eigenvalue weighted by Crippen LogP contribution is -2.50. The van der Waals surface area contributed by atoms with Crippen molar-refractivity contribution in [2.45, 2.75) is 57.8 Å². The molecule has 2 rings (SSSR count). The van der Waals surface area contributed by atoms with Crippen molar-refractivity contribution in [1.82, 2.24) is 21.3 Å². The van der Waals surface area contributed by atoms with Gasteiger partial charge in [0.25, 0.3) is 0 Å². The fourth-order valence-corrected chi connectivity index (χ4v) is 3.71. The number of likely N-dealkylation sites (N-methyl/N-ethyl adjacent to an activating group) is 1. The lowest BCUT2D eigenvalue weighted by atomic mass is 10.0. The highest BCUT2D eigenvalue weighted by atomic mass is 16.5. The number of hydrogen-bond donors (Lipinski definition) is 4. The molecule has 0 saturated heterocycles. The van der Waals surface area contributed by atoms with Crippen molar-refractivity contribution in [3.8, 4) is 0 Å². The molecule has 0 saturated carbocycles. The average Bonchev–Trinajstić information content (AvgIpc) is 2.90. The zero-order valence-corrected chi connectivity index (χ0v) is 22.0. The Bertz CT molecular complexity index is 980. The molecule has 8 nitrogen and oxygen atoms in total. The summed E-state index contributed by atoms with van der Waals surface area (Å²) in [6.07, 6.45) is 5.02. The van der Waals surface area contributed by atoms with Crippen molar-refractivity contribution in [1.29, 1.82) is 0 Å². The molecule has 4 N–H and O–H groups in total. The van der Waals surface area contributed by atoms with Gasteiger partial charge in [-0.2, -0.15) is 0 Å². The molecule has 8 heteroatoms. The predicted octanol–water partition coefficient (Wildman–Crippen LogP) is 2.50. The molecule has 0 aliphatic carbocycles. The summed E-state index contributed by atoms with van der Waals surface area (Å²) in [7, 11) is 1.57. The van der Waals surface area contributed by atoms with Crippen LogP contribution in [0.1, 0.15) is 37.8 Å². The van der Waals surface area contributed by atoms with Gasteiger partial charge >= 0.3 is 5.97 Å². The van der Waals surface area contributed by atoms with E-state index in [1.165, 1.54) is 6.08 Å². The first-order chi connectivity index (χ1) is 17.9. The predicted molar refractivity (Wildman–Crippen MR) is 146 cm³/mol. The lowest BCUT2D eigenvalue weighted by Gasteiger charge is -2.24. The number of carbonyl (C=O) groups is 3. The van der Waals surface area contributed by atoms with Gasteiger partial charge in [-0.1, -0.05) is 80.6 Å². The lowest BCUT2D eigenvalue weighted by molar-refractivity contribution is -0.143. The Morgan fingerprint density at radius 3 is 2.22 bits per heavy atom. The molecule has 2 aromatic rings. The van der Waals surface area contributed by atoms with Gasteiger partial charge in [0.1, 0.15) is 6.61 Å². The van der Waals surface area contributed by atoms with E-state index in [0.717, 1.165) is 11.1 Å². The first kappa shape index (κ1) is 29.7. The van der Waals surface area contributed by atoms with Gasteiger partial charge in [0.15, 0.2) is 0 Å². The van der Waals surface area contributed by atoms with Crippen LogP contribution in [0.2, 0.25) is 0 Å². The molecule has 0 radical (unpaired) electrons. The number of rotatable bonds is 16. The minimum absolute atomic E-state index is 0.116. The van der Waals surface area contributed by atoms with E-state index in [0.29, 0.717) is 25.8 Å². The summed E-state index contributed by atoms with van der Waals surface area (Å²) >= 11 is 0. The smallest absolute Gasteiger partial charge is 0.320 e. The monoisotopic (exact) mass is 508 g/mol. The van der Waals surface area contributed by atoms with Crippen molar-refractivity contribution < 1.29 is 19.1 Å². The third-order valence-corrected chi connectivity index (χ3v) is 5.56. The van der Waals surface area contributed by atoms with Crippen LogP contribution in [0, 0.1) is 0 Å². The van der Waals surface area contributed by atoms with Crippen LogP contribution in [0.15, 0.2) is 72.8 Å². The number of nitrogens with one attached hydrogen (secondary N) is 4. The molecular weight excluding hydrogens is 468 g/mol. The number of benzene rings is 2. The van der Waals surface area contributed by atoms with E-state index in [1.807, 2.05) is 74.5 Å². The molecule has 37 heavy (non-hydrogen) atoms. The number of esters is 1. The van der Waals surface area contributed by atoms with E-state index in [4.69, 9.17) is 4.74 Å². The molecule has 2 aromatic carbocycles. The first-order valence-electron chi connectivity index (χ1n) is 12.8. The Labute approximate surface area is 220 Å². The molecule has 0 aromatic heterocycles. The van der Waals surface area contributed by atoms with Crippen LogP contribution >= 0.6 is 0 Å². The van der Waals surface area contributed by atoms with Crippen LogP contribution in [0.3, 0.4) is 0 Å². The molecule has 0 spiro atoms. The first-order valence-corrected chi connectivity index (χ1v) is 12.8. The summed E-state index contributed by atoms with van der Waals surface area (Å²) in [6.45, 7) is 4.93. The summed E-state index contributed by atoms with van der Waals surface area (Å²) < 4.78 is 5.27. The second kappa shape index (κ2) is 17.1. The number of carbonyl (C=O) groups excluding carboxylic acids is 3. The molecule has 2 amide bonds. The normalized spacial score (nSPS) is 12.8. The van der Waals surface area contributed by atoms with Crippen molar-refractivity contribution in [2.24, 2.45) is 0 Å². The Balaban J connectivity index is 1.84. The zero-order valence-electron chi connectivity index (χ0n) is 22.0. The van der Waals surface area contributed by atoms with Gasteiger partial charge in [0.2, 0.25) is 11.8 Å². The summed E-state index contributed by atoms with van der Waals surface area (Å²) in [6, 6.07) is 18.7. The van der Waals surface area contributed by atoms with E-state index < -0.39 is 6.04 Å². The van der Waals surface area contributed by atoms with Crippen molar-refractivity contribution in [3.63, 3.8) is 0 Å². The Hall–Kier alpha value is -3.49. The van der Waals surface area contributed by atoms with Gasteiger partial charge in [-0.15, -0.1) is 0 Å². The van der Waals surface area contributed by atoms with Crippen LogP contribution in [0.5, 0.6) is 0 Å². The highest BCUT2D eigenvalue weighted by Gasteiger charge is 2.21. The summed E-state index contributed by atoms with van der Waals surface area (Å²) in [5.74, 6) is -0.666. The molecule has 0 heterocycles. The molecular formula is C29H40N4O4. The van der Waals surface area contributed by atoms with Crippen LogP contribution in [0.4, 0.5) is 0 Å². The standard InChI is InChI=1S/C29H40N4O4/c1-22(2)32-26(15-10-18-31-20-28(35)37-21-24-13-8-5-9-14-24)29(36)33-25(16-17-27(34)30-3)19-23-11-6-4-7-12-23/h4-9,11-14,16-17,22,25-26,31-32H,10,15,18-21H2,1-3H3,(H,30,34)(H,33,36)/b17-16+. The van der Waals surface area contributed by atoms with Gasteiger partial charge in [-0.05, 0) is 36.9 Å². The molecule has 0 bridgehead atoms. The molecule has 2 unspecified atom stereocenters. The largest absolute Gasteiger partial charge is 0.460 e. The zero-order chi connectivity index (χ0) is 26.9. The summed E-state index contributed by atoms with van der Waals surface area (Å²) in [5.41, 5.74) is 2.01. The number of ether oxygens (including phenoxy) is 1. The van der Waals surface area contributed by atoms with E-state index in [-0.39, 0.29) is 43.0 Å². The molecule has 200 valence electrons. The van der Waals surface area contributed by atoms with E-state index in [2.05, 4.69) is 21.3 Å². The maximum Gasteiger partial charge on any atom is 0.320 e. The molecule has 2 atom stereocenters. The van der Waals surface area contributed by atoms with Crippen LogP contribution in [0.25, 0.3) is 0 Å². The van der Waals surface area contributed by atoms with E-state index >= 15 is 0 Å². The van der Waals surface area contributed by atoms with Crippen molar-refractivity contribution in [2.75, 3.05) is 20.1 Å². The molecule has 0 aliphatic rings. The van der Waals surface area contributed by atoms with Gasteiger partial charge < -0.3 is 26.0 Å². The van der Waals surface area contributed by atoms with Gasteiger partial charge in [-0.3, -0.25) is 14.4 Å². The highest BCUT2D eigenvalue weighted by molar-refractivity contribution is 5.87. The molecule has 0 fully saturated rings. The van der Waals surface area contributed by atoms with Crippen LogP contribution in [-0.2, 0) is 32.1 Å². The Morgan fingerprint density at radius 2 is 1.59 bits per heavy atom.